The van der Waals surface area contributed by atoms with Gasteiger partial charge in [-0.1, -0.05) is 42.5 Å². The van der Waals surface area contributed by atoms with Crippen molar-refractivity contribution in [2.45, 2.75) is 24.9 Å². The fraction of sp³-hybridized carbons (Fsp3) is 0.300. The maximum Gasteiger partial charge on any atom is 0.258 e. The average molecular weight is 334 g/mol. The van der Waals surface area contributed by atoms with Gasteiger partial charge in [0.05, 0.1) is 16.9 Å². The fourth-order valence-electron chi connectivity index (χ4n) is 3.70. The molecule has 1 aromatic heterocycles. The lowest BCUT2D eigenvalue weighted by molar-refractivity contribution is 0.248. The van der Waals surface area contributed by atoms with Crippen LogP contribution in [0.25, 0.3) is 10.9 Å². The first-order chi connectivity index (χ1) is 12.1. The van der Waals surface area contributed by atoms with Crippen molar-refractivity contribution in [3.05, 3.63) is 76.3 Å². The van der Waals surface area contributed by atoms with E-state index in [0.29, 0.717) is 17.1 Å². The third kappa shape index (κ3) is 2.97. The molecule has 0 bridgehead atoms. The van der Waals surface area contributed by atoms with Crippen molar-refractivity contribution < 1.29 is 0 Å². The normalized spacial score (nSPS) is 22.3. The smallest absolute Gasteiger partial charge is 0.258 e. The van der Waals surface area contributed by atoms with Crippen LogP contribution in [0.4, 0.5) is 0 Å². The number of nitrogens with one attached hydrogen (secondary N) is 1. The van der Waals surface area contributed by atoms with Crippen LogP contribution in [-0.4, -0.2) is 34.0 Å². The van der Waals surface area contributed by atoms with Gasteiger partial charge in [0.2, 0.25) is 0 Å². The summed E-state index contributed by atoms with van der Waals surface area (Å²) in [5.41, 5.74) is 8.32. The van der Waals surface area contributed by atoms with Crippen LogP contribution >= 0.6 is 0 Å². The zero-order valence-electron chi connectivity index (χ0n) is 14.2. The van der Waals surface area contributed by atoms with Gasteiger partial charge in [0, 0.05) is 25.0 Å². The number of rotatable bonds is 3. The highest BCUT2D eigenvalue weighted by Gasteiger charge is 2.34. The van der Waals surface area contributed by atoms with E-state index in [2.05, 4.69) is 46.1 Å². The number of likely N-dealkylation sites (tertiary alicyclic amines) is 1. The van der Waals surface area contributed by atoms with Crippen LogP contribution in [0.5, 0.6) is 0 Å². The van der Waals surface area contributed by atoms with Gasteiger partial charge in [-0.25, -0.2) is 4.98 Å². The zero-order valence-corrected chi connectivity index (χ0v) is 14.2. The fourth-order valence-corrected chi connectivity index (χ4v) is 3.70. The number of nitrogens with two attached hydrogens (primary N) is 1. The second kappa shape index (κ2) is 6.43. The van der Waals surface area contributed by atoms with Gasteiger partial charge in [0.25, 0.3) is 5.56 Å². The molecule has 3 N–H and O–H groups in total. The van der Waals surface area contributed by atoms with E-state index in [1.54, 1.807) is 6.07 Å². The van der Waals surface area contributed by atoms with Gasteiger partial charge < -0.3 is 10.7 Å². The Morgan fingerprint density at radius 3 is 2.64 bits per heavy atom. The van der Waals surface area contributed by atoms with Gasteiger partial charge >= 0.3 is 0 Å². The van der Waals surface area contributed by atoms with Crippen molar-refractivity contribution in [1.29, 1.82) is 0 Å². The first-order valence-corrected chi connectivity index (χ1v) is 8.67. The van der Waals surface area contributed by atoms with Crippen molar-refractivity contribution in [1.82, 2.24) is 14.9 Å². The number of hydrogen-bond donors (Lipinski definition) is 2. The summed E-state index contributed by atoms with van der Waals surface area (Å²) in [4.78, 5) is 22.2. The van der Waals surface area contributed by atoms with Gasteiger partial charge in [-0.15, -0.1) is 0 Å². The molecule has 128 valence electrons. The molecule has 3 atom stereocenters. The number of hydrogen-bond acceptors (Lipinski definition) is 4. The molecule has 5 nitrogen and oxygen atoms in total. The Kier molecular flexibility index (Phi) is 4.11. The molecule has 2 aromatic carbocycles. The Bertz CT molecular complexity index is 937. The summed E-state index contributed by atoms with van der Waals surface area (Å²) in [6, 6.07) is 17.9. The molecule has 25 heavy (non-hydrogen) atoms. The molecule has 2 heterocycles. The van der Waals surface area contributed by atoms with Crippen molar-refractivity contribution in [2.24, 2.45) is 5.73 Å². The summed E-state index contributed by atoms with van der Waals surface area (Å²) in [6.07, 6.45) is 0. The number of aromatic nitrogens is 2. The minimum Gasteiger partial charge on any atom is -0.326 e. The number of para-hydroxylation sites is 1. The molecule has 0 saturated carbocycles. The average Bonchev–Trinajstić information content (AvgIpc) is 3.03. The summed E-state index contributed by atoms with van der Waals surface area (Å²) < 4.78 is 0. The number of nitrogens with zero attached hydrogens (tertiary/aromatic N) is 2. The van der Waals surface area contributed by atoms with Crippen LogP contribution in [0.2, 0.25) is 0 Å². The summed E-state index contributed by atoms with van der Waals surface area (Å²) in [7, 11) is 0. The Labute approximate surface area is 146 Å². The quantitative estimate of drug-likeness (QED) is 0.771. The van der Waals surface area contributed by atoms with Crippen LogP contribution < -0.4 is 11.3 Å². The van der Waals surface area contributed by atoms with Gasteiger partial charge in [-0.3, -0.25) is 9.69 Å². The van der Waals surface area contributed by atoms with E-state index in [-0.39, 0.29) is 17.6 Å². The minimum atomic E-state index is -0.0874. The van der Waals surface area contributed by atoms with Gasteiger partial charge in [0.1, 0.15) is 5.82 Å². The maximum absolute atomic E-state index is 12.3. The van der Waals surface area contributed by atoms with Crippen molar-refractivity contribution in [3.8, 4) is 0 Å². The van der Waals surface area contributed by atoms with E-state index in [4.69, 9.17) is 5.73 Å². The van der Waals surface area contributed by atoms with E-state index in [0.717, 1.165) is 18.6 Å². The highest BCUT2D eigenvalue weighted by atomic mass is 16.1. The number of H-pyrrole nitrogens is 1. The minimum absolute atomic E-state index is 0.0112. The molecular formula is C20H22N4O. The molecule has 1 unspecified atom stereocenters. The molecule has 1 aliphatic heterocycles. The number of fused-ring (bicyclic) bond motifs is 1. The van der Waals surface area contributed by atoms with E-state index >= 15 is 0 Å². The second-order valence-corrected chi connectivity index (χ2v) is 6.78. The molecule has 0 amide bonds. The largest absolute Gasteiger partial charge is 0.326 e. The predicted octanol–water partition coefficient (Wildman–Crippen LogP) is 2.41. The lowest BCUT2D eigenvalue weighted by Crippen LogP contribution is -2.31. The van der Waals surface area contributed by atoms with Gasteiger partial charge in [0.15, 0.2) is 0 Å². The molecule has 0 spiro atoms. The molecule has 5 heteroatoms. The second-order valence-electron chi connectivity index (χ2n) is 6.78. The highest BCUT2D eigenvalue weighted by Crippen LogP contribution is 2.31. The van der Waals surface area contributed by atoms with Crippen molar-refractivity contribution >= 4 is 10.9 Å². The number of benzene rings is 2. The molecule has 4 rings (SSSR count). The Balaban J connectivity index is 1.61. The summed E-state index contributed by atoms with van der Waals surface area (Å²) in [5.74, 6) is 1.00. The standard InChI is InChI=1S/C20H22N4O/c1-13(19-22-18-10-6-5-9-15(18)20(25)23-19)24-11-16(17(21)12-24)14-7-3-2-4-8-14/h2-10,13,16-17H,11-12,21H2,1H3,(H,22,23,25)/t13?,16-,17+/m0/s1. The van der Waals surface area contributed by atoms with Gasteiger partial charge in [-0.05, 0) is 24.6 Å². The van der Waals surface area contributed by atoms with E-state index in [1.165, 1.54) is 5.56 Å². The van der Waals surface area contributed by atoms with Crippen LogP contribution in [0.15, 0.2) is 59.4 Å². The molecule has 3 aromatic rings. The summed E-state index contributed by atoms with van der Waals surface area (Å²) in [6.45, 7) is 3.73. The van der Waals surface area contributed by atoms with Crippen LogP contribution in [0.3, 0.4) is 0 Å². The van der Waals surface area contributed by atoms with Crippen LogP contribution in [0, 0.1) is 0 Å². The molecule has 1 saturated heterocycles. The third-order valence-electron chi connectivity index (χ3n) is 5.20. The van der Waals surface area contributed by atoms with Crippen molar-refractivity contribution in [3.63, 3.8) is 0 Å². The Hall–Kier alpha value is -2.50. The van der Waals surface area contributed by atoms with Crippen LogP contribution in [-0.2, 0) is 0 Å². The van der Waals surface area contributed by atoms with Gasteiger partial charge in [-0.2, -0.15) is 0 Å². The monoisotopic (exact) mass is 334 g/mol. The molecule has 0 radical (unpaired) electrons. The SMILES string of the molecule is CC(c1nc2ccccc2c(=O)[nH]1)N1C[C@@H](N)[C@H](c2ccccc2)C1. The van der Waals surface area contributed by atoms with E-state index < -0.39 is 0 Å². The zero-order chi connectivity index (χ0) is 17.4. The third-order valence-corrected chi connectivity index (χ3v) is 5.20. The first kappa shape index (κ1) is 16.0. The maximum atomic E-state index is 12.3. The lowest BCUT2D eigenvalue weighted by atomic mass is 9.95. The predicted molar refractivity (Wildman–Crippen MR) is 99.5 cm³/mol. The molecular weight excluding hydrogens is 312 g/mol. The Morgan fingerprint density at radius 2 is 1.84 bits per heavy atom. The molecule has 1 aliphatic rings. The molecule has 1 fully saturated rings. The molecule has 0 aliphatic carbocycles. The summed E-state index contributed by atoms with van der Waals surface area (Å²) >= 11 is 0. The van der Waals surface area contributed by atoms with Crippen molar-refractivity contribution in [2.75, 3.05) is 13.1 Å². The topological polar surface area (TPSA) is 75.0 Å². The van der Waals surface area contributed by atoms with E-state index in [1.807, 2.05) is 24.3 Å². The van der Waals surface area contributed by atoms with E-state index in [9.17, 15) is 4.79 Å². The Morgan fingerprint density at radius 1 is 1.12 bits per heavy atom. The summed E-state index contributed by atoms with van der Waals surface area (Å²) in [5, 5.41) is 0.624. The number of aromatic amines is 1. The highest BCUT2D eigenvalue weighted by molar-refractivity contribution is 5.77. The van der Waals surface area contributed by atoms with Crippen LogP contribution in [0.1, 0.15) is 30.3 Å². The first-order valence-electron chi connectivity index (χ1n) is 8.67. The lowest BCUT2D eigenvalue weighted by Gasteiger charge is -2.23.